The average molecular weight is 662 g/mol. The van der Waals surface area contributed by atoms with Gasteiger partial charge in [-0.3, -0.25) is 9.80 Å². The van der Waals surface area contributed by atoms with E-state index >= 15 is 0 Å². The molecule has 4 N–H and O–H groups in total. The van der Waals surface area contributed by atoms with E-state index in [0.717, 1.165) is 50.7 Å². The highest BCUT2D eigenvalue weighted by Crippen LogP contribution is 2.43. The van der Waals surface area contributed by atoms with Crippen molar-refractivity contribution in [3.63, 3.8) is 0 Å². The minimum absolute atomic E-state index is 0.407. The molecule has 2 aromatic rings. The van der Waals surface area contributed by atoms with Gasteiger partial charge in [-0.15, -0.1) is 0 Å². The summed E-state index contributed by atoms with van der Waals surface area (Å²) >= 11 is 8.32. The zero-order valence-corrected chi connectivity index (χ0v) is 26.9. The minimum Gasteiger partial charge on any atom is -0.478 e. The number of hydrogen-bond acceptors (Lipinski definition) is 8. The van der Waals surface area contributed by atoms with Crippen molar-refractivity contribution < 1.29 is 39.6 Å². The second kappa shape index (κ2) is 19.7. The summed E-state index contributed by atoms with van der Waals surface area (Å²) in [5.74, 6) is -5.03. The van der Waals surface area contributed by atoms with E-state index in [1.165, 1.54) is 34.0 Å². The van der Waals surface area contributed by atoms with Crippen molar-refractivity contribution in [1.29, 1.82) is 0 Å². The van der Waals surface area contributed by atoms with Gasteiger partial charge in [-0.1, -0.05) is 55.4 Å². The Balaban J connectivity index is 0.000000365. The van der Waals surface area contributed by atoms with Gasteiger partial charge in [-0.2, -0.15) is 0 Å². The van der Waals surface area contributed by atoms with Gasteiger partial charge in [-0.25, -0.2) is 19.2 Å². The van der Waals surface area contributed by atoms with Gasteiger partial charge in [0.25, 0.3) is 0 Å². The number of piperazine rings is 1. The van der Waals surface area contributed by atoms with E-state index in [2.05, 4.69) is 64.9 Å². The molecule has 0 radical (unpaired) electrons. The zero-order chi connectivity index (χ0) is 33.4. The molecule has 0 amide bonds. The first-order chi connectivity index (χ1) is 21.4. The standard InChI is InChI=1S/C24H32ClN3S.2C4H4O4/c1-3-26(4-2)11-12-27-13-15-28(16-14-27)22-17-19-7-5-6-8-23(19)29-24-10-9-20(25)18-21(22)24;2*5-3(6)1-2-4(7)8/h5-10,18,22H,3-4,11-17H2,1-2H3;2*1-2H,(H,5,6)(H,7,8)/b;2*2-1+. The molecule has 2 aromatic carbocycles. The Kier molecular flexibility index (Phi) is 16.4. The lowest BCUT2D eigenvalue weighted by Gasteiger charge is -2.40. The molecule has 0 spiro atoms. The van der Waals surface area contributed by atoms with E-state index in [4.69, 9.17) is 32.0 Å². The summed E-state index contributed by atoms with van der Waals surface area (Å²) in [6.45, 7) is 13.7. The third-order valence-corrected chi connectivity index (χ3v) is 8.59. The van der Waals surface area contributed by atoms with Crippen molar-refractivity contribution in [2.75, 3.05) is 52.4 Å². The predicted octanol–water partition coefficient (Wildman–Crippen LogP) is 4.47. The molecule has 0 aliphatic carbocycles. The van der Waals surface area contributed by atoms with Gasteiger partial charge >= 0.3 is 23.9 Å². The molecule has 4 rings (SSSR count). The molecule has 2 aliphatic rings. The van der Waals surface area contributed by atoms with Gasteiger partial charge < -0.3 is 25.3 Å². The van der Waals surface area contributed by atoms with Crippen LogP contribution in [0.15, 0.2) is 76.6 Å². The Bertz CT molecular complexity index is 1290. The Morgan fingerprint density at radius 1 is 0.822 bits per heavy atom. The van der Waals surface area contributed by atoms with Crippen LogP contribution in [-0.4, -0.2) is 111 Å². The Morgan fingerprint density at radius 2 is 1.36 bits per heavy atom. The van der Waals surface area contributed by atoms with Crippen molar-refractivity contribution in [3.05, 3.63) is 82.9 Å². The number of likely N-dealkylation sites (N-methyl/N-ethyl adjacent to an activating group) is 1. The average Bonchev–Trinajstić information content (AvgIpc) is 3.17. The molecular weight excluding hydrogens is 622 g/mol. The number of aliphatic carboxylic acids is 4. The van der Waals surface area contributed by atoms with Crippen LogP contribution in [0.5, 0.6) is 0 Å². The van der Waals surface area contributed by atoms with Crippen molar-refractivity contribution in [1.82, 2.24) is 14.7 Å². The van der Waals surface area contributed by atoms with Crippen LogP contribution in [0.1, 0.15) is 31.0 Å². The van der Waals surface area contributed by atoms with Crippen LogP contribution < -0.4 is 0 Å². The summed E-state index contributed by atoms with van der Waals surface area (Å²) < 4.78 is 0. The van der Waals surface area contributed by atoms with Crippen LogP contribution in [0.4, 0.5) is 0 Å². The summed E-state index contributed by atoms with van der Waals surface area (Å²) in [6, 6.07) is 15.7. The second-order valence-corrected chi connectivity index (χ2v) is 11.6. The molecule has 11 nitrogen and oxygen atoms in total. The number of carbonyl (C=O) groups is 4. The second-order valence-electron chi connectivity index (χ2n) is 10.0. The van der Waals surface area contributed by atoms with Gasteiger partial charge in [0.2, 0.25) is 0 Å². The number of rotatable bonds is 10. The summed E-state index contributed by atoms with van der Waals surface area (Å²) in [4.78, 5) is 48.8. The molecule has 1 atom stereocenters. The fourth-order valence-corrected chi connectivity index (χ4v) is 6.11. The molecule has 244 valence electrons. The maximum Gasteiger partial charge on any atom is 0.328 e. The molecule has 0 saturated carbocycles. The van der Waals surface area contributed by atoms with Gasteiger partial charge in [0.05, 0.1) is 0 Å². The monoisotopic (exact) mass is 661 g/mol. The summed E-state index contributed by atoms with van der Waals surface area (Å²) in [5, 5.41) is 32.1. The highest BCUT2D eigenvalue weighted by atomic mass is 35.5. The predicted molar refractivity (Wildman–Crippen MR) is 173 cm³/mol. The van der Waals surface area contributed by atoms with E-state index < -0.39 is 23.9 Å². The molecule has 1 saturated heterocycles. The lowest BCUT2D eigenvalue weighted by atomic mass is 9.96. The number of carboxylic acids is 4. The van der Waals surface area contributed by atoms with Crippen LogP contribution in [0.3, 0.4) is 0 Å². The smallest absolute Gasteiger partial charge is 0.328 e. The Hall–Kier alpha value is -3.68. The fraction of sp³-hybridized carbons (Fsp3) is 0.375. The molecular formula is C32H40ClN3O8S. The first kappa shape index (κ1) is 37.5. The summed E-state index contributed by atoms with van der Waals surface area (Å²) in [7, 11) is 0. The third-order valence-electron chi connectivity index (χ3n) is 7.15. The molecule has 45 heavy (non-hydrogen) atoms. The van der Waals surface area contributed by atoms with Crippen LogP contribution >= 0.6 is 23.4 Å². The van der Waals surface area contributed by atoms with E-state index in [0.29, 0.717) is 30.3 Å². The quantitative estimate of drug-likeness (QED) is 0.265. The number of fused-ring (bicyclic) bond motifs is 2. The SMILES string of the molecule is CCN(CC)CCN1CCN(C2Cc3ccccc3Sc3ccc(Cl)cc32)CC1.O=C(O)/C=C/C(=O)O.O=C(O)/C=C/C(=O)O. The lowest BCUT2D eigenvalue weighted by molar-refractivity contribution is -0.134. The number of benzene rings is 2. The van der Waals surface area contributed by atoms with Crippen LogP contribution in [-0.2, 0) is 25.6 Å². The highest BCUT2D eigenvalue weighted by Gasteiger charge is 2.30. The number of hydrogen-bond donors (Lipinski definition) is 4. The molecule has 1 fully saturated rings. The van der Waals surface area contributed by atoms with Crippen molar-refractivity contribution >= 4 is 47.2 Å². The van der Waals surface area contributed by atoms with Crippen molar-refractivity contribution in [2.24, 2.45) is 0 Å². The van der Waals surface area contributed by atoms with Crippen molar-refractivity contribution in [3.8, 4) is 0 Å². The highest BCUT2D eigenvalue weighted by molar-refractivity contribution is 7.99. The molecule has 2 aliphatic heterocycles. The van der Waals surface area contributed by atoms with Gasteiger partial charge in [0.15, 0.2) is 0 Å². The van der Waals surface area contributed by atoms with E-state index in [1.807, 2.05) is 17.8 Å². The largest absolute Gasteiger partial charge is 0.478 e. The topological polar surface area (TPSA) is 159 Å². The Labute approximate surface area is 272 Å². The fourth-order valence-electron chi connectivity index (χ4n) is 4.81. The van der Waals surface area contributed by atoms with E-state index in [-0.39, 0.29) is 0 Å². The molecule has 0 aromatic heterocycles. The summed E-state index contributed by atoms with van der Waals surface area (Å²) in [6.07, 6.45) is 3.30. The van der Waals surface area contributed by atoms with Crippen LogP contribution in [0.2, 0.25) is 5.02 Å². The molecule has 2 heterocycles. The third kappa shape index (κ3) is 13.9. The first-order valence-corrected chi connectivity index (χ1v) is 15.6. The molecule has 13 heteroatoms. The maximum absolute atomic E-state index is 9.55. The number of carboxylic acid groups (broad SMARTS) is 4. The Morgan fingerprint density at radius 3 is 1.87 bits per heavy atom. The van der Waals surface area contributed by atoms with E-state index in [9.17, 15) is 19.2 Å². The molecule has 0 bridgehead atoms. The van der Waals surface area contributed by atoms with E-state index in [1.54, 1.807) is 0 Å². The van der Waals surface area contributed by atoms with Crippen molar-refractivity contribution in [2.45, 2.75) is 36.1 Å². The van der Waals surface area contributed by atoms with Crippen LogP contribution in [0, 0.1) is 0 Å². The maximum atomic E-state index is 9.55. The van der Waals surface area contributed by atoms with Crippen LogP contribution in [0.25, 0.3) is 0 Å². The first-order valence-electron chi connectivity index (χ1n) is 14.4. The summed E-state index contributed by atoms with van der Waals surface area (Å²) in [5.41, 5.74) is 2.86. The minimum atomic E-state index is -1.26. The number of halogens is 1. The lowest BCUT2D eigenvalue weighted by Crippen LogP contribution is -2.49. The van der Waals surface area contributed by atoms with Gasteiger partial charge in [0, 0.05) is 84.4 Å². The zero-order valence-electron chi connectivity index (χ0n) is 25.3. The number of nitrogens with zero attached hydrogens (tertiary/aromatic N) is 3. The molecule has 1 unspecified atom stereocenters. The normalized spacial score (nSPS) is 16.5. The van der Waals surface area contributed by atoms with Gasteiger partial charge in [-0.05, 0) is 54.9 Å². The van der Waals surface area contributed by atoms with Gasteiger partial charge in [0.1, 0.15) is 0 Å².